The van der Waals surface area contributed by atoms with Gasteiger partial charge in [-0.3, -0.25) is 19.2 Å². The maximum atomic E-state index is 13.3. The van der Waals surface area contributed by atoms with Crippen LogP contribution < -0.4 is 26.6 Å². The zero-order valence-corrected chi connectivity index (χ0v) is 35.1. The molecular formula is C35H69N5O10S2. The van der Waals surface area contributed by atoms with E-state index in [1.807, 2.05) is 20.8 Å². The number of nitrogens with one attached hydrogen (secondary N) is 5. The Morgan fingerprint density at radius 2 is 1.40 bits per heavy atom. The van der Waals surface area contributed by atoms with Crippen molar-refractivity contribution in [3.05, 3.63) is 0 Å². The Kier molecular flexibility index (Phi) is 21.1. The standard InChI is InChI=1S/C35H69N5O10S2/c1-32(2,3)29(45)27(44)25(42)26(43)28(31(47)40-35(10,11)12)50-17-19-52(48,49)20-18-51-21-24(36-22-41)38-30(46)23(39-34(7,8)9)15-13-14-16-37-33(4,5)6/h22-28,37,39,42-44H,13-21H2,1-12H3,(H,36,41)(H,38,46)(H,40,47)/t23-,24-,25-,26+,27+,28-/m0/s1. The van der Waals surface area contributed by atoms with Gasteiger partial charge in [0.1, 0.15) is 24.5 Å². The Bertz CT molecular complexity index is 1220. The number of hydrogen-bond donors (Lipinski definition) is 8. The molecule has 52 heavy (non-hydrogen) atoms. The molecule has 0 unspecified atom stereocenters. The number of Topliss-reactive ketones (excluding diaryl/α,β-unsaturated/α-hetero) is 1. The number of ether oxygens (including phenoxy) is 1. The lowest BCUT2D eigenvalue weighted by Crippen LogP contribution is -2.57. The predicted octanol–water partition coefficient (Wildman–Crippen LogP) is 0.636. The van der Waals surface area contributed by atoms with Crippen LogP contribution in [0.15, 0.2) is 0 Å². The molecule has 0 saturated carbocycles. The van der Waals surface area contributed by atoms with Crippen molar-refractivity contribution in [2.75, 3.05) is 36.2 Å². The summed E-state index contributed by atoms with van der Waals surface area (Å²) in [5.41, 5.74) is -2.18. The summed E-state index contributed by atoms with van der Waals surface area (Å²) in [6.45, 7) is 22.0. The third kappa shape index (κ3) is 22.4. The summed E-state index contributed by atoms with van der Waals surface area (Å²) >= 11 is 1.21. The quantitative estimate of drug-likeness (QED) is 0.0382. The van der Waals surface area contributed by atoms with E-state index in [-0.39, 0.29) is 34.2 Å². The fourth-order valence-corrected chi connectivity index (χ4v) is 7.36. The van der Waals surface area contributed by atoms with Crippen molar-refractivity contribution in [3.63, 3.8) is 0 Å². The van der Waals surface area contributed by atoms with Crippen LogP contribution in [-0.4, -0.2) is 137 Å². The summed E-state index contributed by atoms with van der Waals surface area (Å²) < 4.78 is 31.2. The molecule has 0 saturated heterocycles. The van der Waals surface area contributed by atoms with E-state index in [9.17, 15) is 42.9 Å². The van der Waals surface area contributed by atoms with Gasteiger partial charge in [0.25, 0.3) is 5.91 Å². The zero-order chi connectivity index (χ0) is 40.7. The second kappa shape index (κ2) is 21.9. The van der Waals surface area contributed by atoms with Gasteiger partial charge in [-0.15, -0.1) is 0 Å². The van der Waals surface area contributed by atoms with Crippen LogP contribution in [0.3, 0.4) is 0 Å². The molecule has 0 rings (SSSR count). The molecule has 6 atom stereocenters. The summed E-state index contributed by atoms with van der Waals surface area (Å²) in [5, 5.41) is 46.6. The minimum atomic E-state index is -3.74. The zero-order valence-electron chi connectivity index (χ0n) is 33.4. The van der Waals surface area contributed by atoms with Gasteiger partial charge in [0, 0.05) is 33.5 Å². The summed E-state index contributed by atoms with van der Waals surface area (Å²) in [6, 6.07) is -0.507. The van der Waals surface area contributed by atoms with E-state index in [0.29, 0.717) is 12.8 Å². The first-order valence-corrected chi connectivity index (χ1v) is 20.8. The first kappa shape index (κ1) is 50.1. The molecule has 0 radical (unpaired) electrons. The van der Waals surface area contributed by atoms with E-state index in [2.05, 4.69) is 47.4 Å². The lowest BCUT2D eigenvalue weighted by atomic mass is 9.84. The molecule has 0 heterocycles. The fraction of sp³-hybridized carbons (Fsp3) is 0.886. The molecule has 0 aliphatic carbocycles. The van der Waals surface area contributed by atoms with Crippen LogP contribution in [0.4, 0.5) is 0 Å². The van der Waals surface area contributed by atoms with Crippen LogP contribution in [0.25, 0.3) is 0 Å². The molecule has 0 fully saturated rings. The first-order chi connectivity index (χ1) is 23.5. The van der Waals surface area contributed by atoms with Crippen molar-refractivity contribution in [2.24, 2.45) is 5.41 Å². The number of unbranched alkanes of at least 4 members (excludes halogenated alkanes) is 1. The number of thioether (sulfide) groups is 1. The monoisotopic (exact) mass is 783 g/mol. The maximum Gasteiger partial charge on any atom is 0.252 e. The van der Waals surface area contributed by atoms with Crippen molar-refractivity contribution in [3.8, 4) is 0 Å². The van der Waals surface area contributed by atoms with Crippen molar-refractivity contribution < 1.29 is 47.7 Å². The van der Waals surface area contributed by atoms with Gasteiger partial charge >= 0.3 is 0 Å². The van der Waals surface area contributed by atoms with Crippen LogP contribution in [0.5, 0.6) is 0 Å². The molecule has 8 N–H and O–H groups in total. The molecular weight excluding hydrogens is 715 g/mol. The van der Waals surface area contributed by atoms with E-state index in [4.69, 9.17) is 4.74 Å². The smallest absolute Gasteiger partial charge is 0.252 e. The number of aliphatic hydroxyl groups is 3. The SMILES string of the molecule is CC(C)(C)NCCCC[C@H](NC(C)(C)C)C(=O)N[C@@H](CSCCS(=O)(=O)CCO[C@H](C(=O)NC(C)(C)C)[C@H](O)[C@H](O)[C@@H](O)C(=O)C(C)(C)C)NC=O. The van der Waals surface area contributed by atoms with Crippen LogP contribution in [0.1, 0.15) is 102 Å². The molecule has 15 nitrogen and oxygen atoms in total. The predicted molar refractivity (Wildman–Crippen MR) is 206 cm³/mol. The van der Waals surface area contributed by atoms with E-state index < -0.39 is 81.5 Å². The van der Waals surface area contributed by atoms with Crippen molar-refractivity contribution in [2.45, 2.75) is 156 Å². The molecule has 0 spiro atoms. The molecule has 0 aromatic heterocycles. The summed E-state index contributed by atoms with van der Waals surface area (Å²) in [7, 11) is -3.74. The Balaban J connectivity index is 5.31. The van der Waals surface area contributed by atoms with Crippen molar-refractivity contribution in [1.82, 2.24) is 26.6 Å². The van der Waals surface area contributed by atoms with Gasteiger partial charge < -0.3 is 46.6 Å². The molecule has 0 aromatic carbocycles. The summed E-state index contributed by atoms with van der Waals surface area (Å²) in [5.74, 6) is -2.41. The second-order valence-corrected chi connectivity index (χ2v) is 20.7. The van der Waals surface area contributed by atoms with Gasteiger partial charge in [0.15, 0.2) is 21.7 Å². The van der Waals surface area contributed by atoms with E-state index in [1.165, 1.54) is 32.5 Å². The normalized spacial score (nSPS) is 16.6. The summed E-state index contributed by atoms with van der Waals surface area (Å²) in [6.07, 6.45) is -5.96. The molecule has 0 aliphatic rings. The van der Waals surface area contributed by atoms with Gasteiger partial charge in [0.05, 0.1) is 24.2 Å². The Morgan fingerprint density at radius 3 is 1.90 bits per heavy atom. The minimum absolute atomic E-state index is 0.000594. The molecule has 0 bridgehead atoms. The number of carbonyl (C=O) groups excluding carboxylic acids is 4. The van der Waals surface area contributed by atoms with Crippen LogP contribution in [-0.2, 0) is 33.8 Å². The third-order valence-corrected chi connectivity index (χ3v) is 10.3. The van der Waals surface area contributed by atoms with Gasteiger partial charge in [-0.05, 0) is 81.7 Å². The highest BCUT2D eigenvalue weighted by Crippen LogP contribution is 2.21. The summed E-state index contributed by atoms with van der Waals surface area (Å²) in [4.78, 5) is 50.1. The highest BCUT2D eigenvalue weighted by Gasteiger charge is 2.42. The number of carbonyl (C=O) groups is 4. The van der Waals surface area contributed by atoms with Gasteiger partial charge in [-0.25, -0.2) is 8.42 Å². The maximum absolute atomic E-state index is 13.3. The van der Waals surface area contributed by atoms with E-state index in [0.717, 1.165) is 19.4 Å². The van der Waals surface area contributed by atoms with E-state index in [1.54, 1.807) is 20.8 Å². The lowest BCUT2D eigenvalue weighted by molar-refractivity contribution is -0.164. The second-order valence-electron chi connectivity index (χ2n) is 17.3. The van der Waals surface area contributed by atoms with E-state index >= 15 is 0 Å². The average Bonchev–Trinajstić information content (AvgIpc) is 2.96. The van der Waals surface area contributed by atoms with Gasteiger partial charge in [-0.1, -0.05) is 27.2 Å². The Morgan fingerprint density at radius 1 is 0.808 bits per heavy atom. The molecule has 17 heteroatoms. The number of rotatable bonds is 24. The molecule has 0 aromatic rings. The lowest BCUT2D eigenvalue weighted by Gasteiger charge is -2.32. The Hall–Kier alpha value is -1.86. The highest BCUT2D eigenvalue weighted by molar-refractivity contribution is 8.00. The van der Waals surface area contributed by atoms with Gasteiger partial charge in [0.2, 0.25) is 12.3 Å². The fourth-order valence-electron chi connectivity index (χ4n) is 4.74. The number of sulfone groups is 1. The third-order valence-electron chi connectivity index (χ3n) is 7.35. The van der Waals surface area contributed by atoms with Crippen molar-refractivity contribution >= 4 is 45.6 Å². The number of amides is 3. The average molecular weight is 784 g/mol. The molecule has 306 valence electrons. The Labute approximate surface area is 316 Å². The minimum Gasteiger partial charge on any atom is -0.387 e. The largest absolute Gasteiger partial charge is 0.387 e. The first-order valence-electron chi connectivity index (χ1n) is 17.8. The van der Waals surface area contributed by atoms with Crippen LogP contribution in [0.2, 0.25) is 0 Å². The van der Waals surface area contributed by atoms with Crippen LogP contribution in [0, 0.1) is 5.41 Å². The molecule has 0 aliphatic heterocycles. The van der Waals surface area contributed by atoms with Crippen LogP contribution >= 0.6 is 11.8 Å². The number of hydrogen-bond acceptors (Lipinski definition) is 13. The highest BCUT2D eigenvalue weighted by atomic mass is 32.2. The van der Waals surface area contributed by atoms with Gasteiger partial charge in [-0.2, -0.15) is 11.8 Å². The topological polar surface area (TPSA) is 232 Å². The molecule has 3 amide bonds. The number of aliphatic hydroxyl groups excluding tert-OH is 3. The number of ketones is 1. The van der Waals surface area contributed by atoms with Crippen molar-refractivity contribution in [1.29, 1.82) is 0 Å².